The maximum absolute atomic E-state index is 13.4. The van der Waals surface area contributed by atoms with E-state index >= 15 is 0 Å². The molecular weight excluding hydrogens is 369 g/mol. The van der Waals surface area contributed by atoms with Gasteiger partial charge in [0, 0.05) is 21.2 Å². The van der Waals surface area contributed by atoms with Gasteiger partial charge in [-0.25, -0.2) is 4.21 Å². The molecule has 0 amide bonds. The minimum absolute atomic E-state index is 0.0785. The summed E-state index contributed by atoms with van der Waals surface area (Å²) in [7, 11) is -3.33. The predicted molar refractivity (Wildman–Crippen MR) is 94.7 cm³/mol. The maximum Gasteiger partial charge on any atom is 0.395 e. The van der Waals surface area contributed by atoms with Crippen molar-refractivity contribution in [2.45, 2.75) is 50.7 Å². The van der Waals surface area contributed by atoms with Crippen LogP contribution in [0.25, 0.3) is 0 Å². The van der Waals surface area contributed by atoms with E-state index in [0.29, 0.717) is 0 Å². The first-order valence-electron chi connectivity index (χ1n) is 8.34. The fourth-order valence-electron chi connectivity index (χ4n) is 2.58. The van der Waals surface area contributed by atoms with Crippen molar-refractivity contribution in [3.63, 3.8) is 0 Å². The number of carbonyl (C=O) groups is 1. The van der Waals surface area contributed by atoms with Crippen LogP contribution in [-0.4, -0.2) is 39.0 Å². The Kier molecular flexibility index (Phi) is 8.08. The Hall–Kier alpha value is -1.61. The lowest BCUT2D eigenvalue weighted by molar-refractivity contribution is -0.150. The van der Waals surface area contributed by atoms with Gasteiger partial charge >= 0.3 is 12.1 Å². The summed E-state index contributed by atoms with van der Waals surface area (Å²) in [5.74, 6) is -3.89. The van der Waals surface area contributed by atoms with E-state index in [-0.39, 0.29) is 17.7 Å². The van der Waals surface area contributed by atoms with Crippen molar-refractivity contribution in [2.75, 3.05) is 11.5 Å². The summed E-state index contributed by atoms with van der Waals surface area (Å²) < 4.78 is 60.1. The van der Waals surface area contributed by atoms with E-state index in [9.17, 15) is 22.2 Å². The standard InChI is InChI=1S/C17H25F3N2O3S/c1-2-3-12-4-6-13(7-5-12)14(17(18,19)20)8-10-26(22,25)11-9-15(21)16(23)24/h4-7,14-15,22H,2-3,8-11,21H2,1H3,(H,23,24)/t14?,15-,26?/m0/s1. The van der Waals surface area contributed by atoms with E-state index in [4.69, 9.17) is 15.6 Å². The van der Waals surface area contributed by atoms with E-state index < -0.39 is 46.0 Å². The number of alkyl halides is 3. The van der Waals surface area contributed by atoms with Gasteiger partial charge in [-0.3, -0.25) is 9.57 Å². The van der Waals surface area contributed by atoms with Gasteiger partial charge in [0.1, 0.15) is 6.04 Å². The van der Waals surface area contributed by atoms with Crippen LogP contribution in [0.3, 0.4) is 0 Å². The van der Waals surface area contributed by atoms with Gasteiger partial charge in [0.25, 0.3) is 0 Å². The van der Waals surface area contributed by atoms with Gasteiger partial charge in [0.15, 0.2) is 0 Å². The number of carboxylic acid groups (broad SMARTS) is 1. The highest BCUT2D eigenvalue weighted by atomic mass is 32.2. The maximum atomic E-state index is 13.4. The molecule has 0 aliphatic carbocycles. The van der Waals surface area contributed by atoms with Crippen LogP contribution in [0.2, 0.25) is 0 Å². The zero-order chi connectivity index (χ0) is 20.0. The smallest absolute Gasteiger partial charge is 0.395 e. The first-order chi connectivity index (χ1) is 12.0. The Bertz CT molecular complexity index is 688. The highest BCUT2D eigenvalue weighted by Gasteiger charge is 2.40. The van der Waals surface area contributed by atoms with Crippen molar-refractivity contribution < 1.29 is 27.3 Å². The Morgan fingerprint density at radius 2 is 1.77 bits per heavy atom. The monoisotopic (exact) mass is 394 g/mol. The first-order valence-corrected chi connectivity index (χ1v) is 10.2. The van der Waals surface area contributed by atoms with Gasteiger partial charge in [-0.15, -0.1) is 0 Å². The van der Waals surface area contributed by atoms with Crippen molar-refractivity contribution >= 4 is 15.7 Å². The Balaban J connectivity index is 2.81. The van der Waals surface area contributed by atoms with Crippen LogP contribution < -0.4 is 5.73 Å². The van der Waals surface area contributed by atoms with E-state index in [2.05, 4.69) is 0 Å². The lowest BCUT2D eigenvalue weighted by Crippen LogP contribution is -2.32. The largest absolute Gasteiger partial charge is 0.480 e. The SMILES string of the molecule is CCCc1ccc(C(CCS(=N)(=O)CC[C@H](N)C(=O)O)C(F)(F)F)cc1. The molecule has 0 heterocycles. The summed E-state index contributed by atoms with van der Waals surface area (Å²) in [4.78, 5) is 10.6. The third-order valence-corrected chi connectivity index (χ3v) is 5.92. The molecule has 0 saturated heterocycles. The molecule has 1 rings (SSSR count). The molecule has 4 N–H and O–H groups in total. The second-order valence-corrected chi connectivity index (χ2v) is 8.77. The van der Waals surface area contributed by atoms with Crippen LogP contribution in [0.15, 0.2) is 24.3 Å². The van der Waals surface area contributed by atoms with Crippen molar-refractivity contribution in [1.82, 2.24) is 0 Å². The third-order valence-electron chi connectivity index (χ3n) is 4.13. The van der Waals surface area contributed by atoms with Gasteiger partial charge in [-0.2, -0.15) is 13.2 Å². The average Bonchev–Trinajstić information content (AvgIpc) is 2.53. The second-order valence-electron chi connectivity index (χ2n) is 6.33. The molecule has 0 saturated carbocycles. The average molecular weight is 394 g/mol. The van der Waals surface area contributed by atoms with Crippen LogP contribution in [0.1, 0.15) is 43.2 Å². The van der Waals surface area contributed by atoms with Crippen molar-refractivity contribution in [3.8, 4) is 0 Å². The number of carboxylic acids is 1. The summed E-state index contributed by atoms with van der Waals surface area (Å²) in [6, 6.07) is 4.89. The van der Waals surface area contributed by atoms with E-state index in [1.54, 1.807) is 12.1 Å². The molecule has 1 aromatic carbocycles. The zero-order valence-electron chi connectivity index (χ0n) is 14.6. The summed E-state index contributed by atoms with van der Waals surface area (Å²) in [5, 5.41) is 8.69. The van der Waals surface area contributed by atoms with E-state index in [1.807, 2.05) is 6.92 Å². The van der Waals surface area contributed by atoms with E-state index in [0.717, 1.165) is 18.4 Å². The molecule has 26 heavy (non-hydrogen) atoms. The van der Waals surface area contributed by atoms with Gasteiger partial charge in [-0.1, -0.05) is 37.6 Å². The Morgan fingerprint density at radius 3 is 2.23 bits per heavy atom. The second kappa shape index (κ2) is 9.36. The van der Waals surface area contributed by atoms with Crippen LogP contribution in [-0.2, 0) is 20.9 Å². The molecule has 0 spiro atoms. The zero-order valence-corrected chi connectivity index (χ0v) is 15.4. The van der Waals surface area contributed by atoms with Crippen molar-refractivity contribution in [1.29, 1.82) is 4.78 Å². The molecule has 9 heteroatoms. The quantitative estimate of drug-likeness (QED) is 0.565. The predicted octanol–water partition coefficient (Wildman–Crippen LogP) is 3.52. The molecule has 0 aliphatic heterocycles. The normalized spacial score (nSPS) is 16.7. The first kappa shape index (κ1) is 22.4. The van der Waals surface area contributed by atoms with Crippen LogP contribution in [0, 0.1) is 4.78 Å². The van der Waals surface area contributed by atoms with Gasteiger partial charge in [0.05, 0.1) is 5.92 Å². The third kappa shape index (κ3) is 7.33. The summed E-state index contributed by atoms with van der Waals surface area (Å²) in [5.41, 5.74) is 6.32. The Labute approximate surface area is 151 Å². The number of nitrogens with one attached hydrogen (secondary N) is 1. The van der Waals surface area contributed by atoms with Crippen molar-refractivity contribution in [3.05, 3.63) is 35.4 Å². The fraction of sp³-hybridized carbons (Fsp3) is 0.588. The highest BCUT2D eigenvalue weighted by molar-refractivity contribution is 7.92. The van der Waals surface area contributed by atoms with Crippen LogP contribution in [0.5, 0.6) is 0 Å². The molecule has 148 valence electrons. The molecule has 0 radical (unpaired) electrons. The minimum atomic E-state index is -4.51. The molecule has 0 bridgehead atoms. The lowest BCUT2D eigenvalue weighted by Gasteiger charge is -2.21. The van der Waals surface area contributed by atoms with Crippen molar-refractivity contribution in [2.24, 2.45) is 5.73 Å². The topological polar surface area (TPSA) is 104 Å². The highest BCUT2D eigenvalue weighted by Crippen LogP contribution is 2.38. The van der Waals surface area contributed by atoms with E-state index in [1.165, 1.54) is 12.1 Å². The van der Waals surface area contributed by atoms with Gasteiger partial charge < -0.3 is 10.8 Å². The molecule has 0 fully saturated rings. The van der Waals surface area contributed by atoms with Crippen LogP contribution >= 0.6 is 0 Å². The molecule has 1 aromatic rings. The number of aryl methyl sites for hydroxylation is 1. The van der Waals surface area contributed by atoms with Gasteiger partial charge in [-0.05, 0) is 30.4 Å². The summed E-state index contributed by atoms with van der Waals surface area (Å²) in [6.45, 7) is 1.98. The number of benzene rings is 1. The molecular formula is C17H25F3N2O3S. The number of hydrogen-bond acceptors (Lipinski definition) is 4. The van der Waals surface area contributed by atoms with Crippen LogP contribution in [0.4, 0.5) is 13.2 Å². The molecule has 3 atom stereocenters. The number of aliphatic carboxylic acids is 1. The Morgan fingerprint density at radius 1 is 1.23 bits per heavy atom. The van der Waals surface area contributed by atoms with Gasteiger partial charge in [0.2, 0.25) is 0 Å². The number of halogens is 3. The molecule has 0 aromatic heterocycles. The molecule has 0 aliphatic rings. The molecule has 5 nitrogen and oxygen atoms in total. The lowest BCUT2D eigenvalue weighted by atomic mass is 9.94. The summed E-state index contributed by atoms with van der Waals surface area (Å²) >= 11 is 0. The number of nitrogens with two attached hydrogens (primary N) is 1. The molecule has 2 unspecified atom stereocenters. The summed E-state index contributed by atoms with van der Waals surface area (Å²) in [6.07, 6.45) is -3.54. The number of rotatable bonds is 10. The fourth-order valence-corrected chi connectivity index (χ4v) is 4.03. The number of hydrogen-bond donors (Lipinski definition) is 3. The minimum Gasteiger partial charge on any atom is -0.480 e.